The number of carbonyl (C=O) groups excluding carboxylic acids is 1. The number of hydrogen-bond acceptors (Lipinski definition) is 3. The lowest BCUT2D eigenvalue weighted by atomic mass is 10.00. The van der Waals surface area contributed by atoms with Crippen LogP contribution in [0.15, 0.2) is 54.6 Å². The summed E-state index contributed by atoms with van der Waals surface area (Å²) in [6.45, 7) is 3.91. The smallest absolute Gasteiger partial charge is 0.264 e. The standard InChI is InChI=1S/C23H20FN3OS/c1-15-20-12-21(22(28)26-11-10-17-4-2-3-5-18(17)14-26)29-23(20)27(25-15)13-16-6-8-19(24)9-7-16/h2-9,12H,10-11,13-14H2,1H3. The maximum Gasteiger partial charge on any atom is 0.264 e. The van der Waals surface area contributed by atoms with E-state index in [4.69, 9.17) is 0 Å². The molecule has 29 heavy (non-hydrogen) atoms. The zero-order valence-electron chi connectivity index (χ0n) is 16.1. The summed E-state index contributed by atoms with van der Waals surface area (Å²) in [4.78, 5) is 16.8. The van der Waals surface area contributed by atoms with E-state index in [-0.39, 0.29) is 11.7 Å². The number of amides is 1. The Hall–Kier alpha value is -2.99. The Morgan fingerprint density at radius 3 is 2.69 bits per heavy atom. The molecule has 0 radical (unpaired) electrons. The number of aryl methyl sites for hydroxylation is 1. The number of rotatable bonds is 3. The van der Waals surface area contributed by atoms with Crippen molar-refractivity contribution in [3.8, 4) is 0 Å². The van der Waals surface area contributed by atoms with E-state index in [0.29, 0.717) is 13.1 Å². The van der Waals surface area contributed by atoms with Gasteiger partial charge in [-0.2, -0.15) is 5.10 Å². The fraction of sp³-hybridized carbons (Fsp3) is 0.217. The maximum atomic E-state index is 13.2. The summed E-state index contributed by atoms with van der Waals surface area (Å²) in [6, 6.07) is 16.7. The maximum absolute atomic E-state index is 13.2. The number of fused-ring (bicyclic) bond motifs is 2. The van der Waals surface area contributed by atoms with E-state index in [1.54, 1.807) is 12.1 Å². The van der Waals surface area contributed by atoms with Crippen molar-refractivity contribution < 1.29 is 9.18 Å². The van der Waals surface area contributed by atoms with Crippen LogP contribution in [0.25, 0.3) is 10.2 Å². The molecule has 5 rings (SSSR count). The van der Waals surface area contributed by atoms with E-state index in [0.717, 1.165) is 39.3 Å². The van der Waals surface area contributed by atoms with Gasteiger partial charge in [0.05, 0.1) is 17.1 Å². The summed E-state index contributed by atoms with van der Waals surface area (Å²) in [6.07, 6.45) is 0.893. The number of halogens is 1. The number of benzene rings is 2. The molecule has 6 heteroatoms. The molecule has 4 nitrogen and oxygen atoms in total. The van der Waals surface area contributed by atoms with Gasteiger partial charge < -0.3 is 4.90 Å². The third kappa shape index (κ3) is 3.34. The molecule has 4 aromatic rings. The van der Waals surface area contributed by atoms with Crippen LogP contribution in [0.5, 0.6) is 0 Å². The van der Waals surface area contributed by atoms with Crippen molar-refractivity contribution in [2.24, 2.45) is 0 Å². The molecule has 0 spiro atoms. The van der Waals surface area contributed by atoms with Gasteiger partial charge >= 0.3 is 0 Å². The third-order valence-electron chi connectivity index (χ3n) is 5.48. The highest BCUT2D eigenvalue weighted by Crippen LogP contribution is 2.31. The summed E-state index contributed by atoms with van der Waals surface area (Å²) >= 11 is 1.49. The fourth-order valence-electron chi connectivity index (χ4n) is 3.91. The van der Waals surface area contributed by atoms with Gasteiger partial charge in [-0.05, 0) is 48.2 Å². The van der Waals surface area contributed by atoms with E-state index in [2.05, 4.69) is 23.3 Å². The lowest BCUT2D eigenvalue weighted by Crippen LogP contribution is -2.35. The molecule has 2 aromatic carbocycles. The van der Waals surface area contributed by atoms with Crippen molar-refractivity contribution in [2.45, 2.75) is 26.4 Å². The summed E-state index contributed by atoms with van der Waals surface area (Å²) in [7, 11) is 0. The number of thiophene rings is 1. The zero-order chi connectivity index (χ0) is 20.0. The topological polar surface area (TPSA) is 38.1 Å². The van der Waals surface area contributed by atoms with Crippen molar-refractivity contribution in [1.29, 1.82) is 0 Å². The Morgan fingerprint density at radius 2 is 1.90 bits per heavy atom. The molecule has 0 fully saturated rings. The Balaban J connectivity index is 1.43. The summed E-state index contributed by atoms with van der Waals surface area (Å²) in [5.41, 5.74) is 4.44. The lowest BCUT2D eigenvalue weighted by Gasteiger charge is -2.28. The van der Waals surface area contributed by atoms with Crippen molar-refractivity contribution >= 4 is 27.5 Å². The number of hydrogen-bond donors (Lipinski definition) is 0. The SMILES string of the molecule is Cc1nn(Cc2ccc(F)cc2)c2sc(C(=O)N3CCc4ccccc4C3)cc12. The molecule has 146 valence electrons. The van der Waals surface area contributed by atoms with Gasteiger partial charge in [0.15, 0.2) is 0 Å². The average molecular weight is 405 g/mol. The molecule has 2 aromatic heterocycles. The molecule has 0 saturated heterocycles. The van der Waals surface area contributed by atoms with E-state index >= 15 is 0 Å². The molecular formula is C23H20FN3OS. The van der Waals surface area contributed by atoms with Crippen molar-refractivity contribution in [3.05, 3.63) is 87.7 Å². The minimum atomic E-state index is -0.248. The molecule has 0 bridgehead atoms. The Morgan fingerprint density at radius 1 is 1.14 bits per heavy atom. The summed E-state index contributed by atoms with van der Waals surface area (Å²) in [5.74, 6) is -0.170. The first-order chi connectivity index (χ1) is 14.1. The van der Waals surface area contributed by atoms with E-state index in [1.807, 2.05) is 28.6 Å². The van der Waals surface area contributed by atoms with Crippen LogP contribution in [0.1, 0.15) is 32.1 Å². The van der Waals surface area contributed by atoms with Crippen molar-refractivity contribution in [1.82, 2.24) is 14.7 Å². The molecule has 1 aliphatic rings. The first-order valence-corrected chi connectivity index (χ1v) is 10.5. The number of carbonyl (C=O) groups is 1. The van der Waals surface area contributed by atoms with Gasteiger partial charge in [0.1, 0.15) is 10.6 Å². The first kappa shape index (κ1) is 18.1. The van der Waals surface area contributed by atoms with Gasteiger partial charge in [0, 0.05) is 18.5 Å². The largest absolute Gasteiger partial charge is 0.333 e. The minimum absolute atomic E-state index is 0.0773. The molecule has 1 aliphatic heterocycles. The first-order valence-electron chi connectivity index (χ1n) is 9.66. The number of aromatic nitrogens is 2. The van der Waals surface area contributed by atoms with Crippen LogP contribution in [0, 0.1) is 12.7 Å². The Bertz CT molecular complexity index is 1210. The molecule has 0 saturated carbocycles. The molecule has 1 amide bonds. The lowest BCUT2D eigenvalue weighted by molar-refractivity contribution is 0.0739. The molecule has 0 aliphatic carbocycles. The second kappa shape index (κ2) is 7.12. The fourth-order valence-corrected chi connectivity index (χ4v) is 5.04. The van der Waals surface area contributed by atoms with Gasteiger partial charge in [-0.15, -0.1) is 11.3 Å². The van der Waals surface area contributed by atoms with Crippen LogP contribution < -0.4 is 0 Å². The highest BCUT2D eigenvalue weighted by atomic mass is 32.1. The van der Waals surface area contributed by atoms with E-state index in [1.165, 1.54) is 34.6 Å². The quantitative estimate of drug-likeness (QED) is 0.491. The van der Waals surface area contributed by atoms with Gasteiger partial charge in [-0.25, -0.2) is 4.39 Å². The Kier molecular flexibility index (Phi) is 4.43. The van der Waals surface area contributed by atoms with Crippen molar-refractivity contribution in [2.75, 3.05) is 6.54 Å². The average Bonchev–Trinajstić information content (AvgIpc) is 3.30. The monoisotopic (exact) mass is 405 g/mol. The third-order valence-corrected chi connectivity index (χ3v) is 6.62. The van der Waals surface area contributed by atoms with Gasteiger partial charge in [0.25, 0.3) is 5.91 Å². The van der Waals surface area contributed by atoms with Gasteiger partial charge in [0.2, 0.25) is 0 Å². The van der Waals surface area contributed by atoms with Crippen LogP contribution in [0.2, 0.25) is 0 Å². The van der Waals surface area contributed by atoms with Gasteiger partial charge in [-0.1, -0.05) is 36.4 Å². The van der Waals surface area contributed by atoms with Crippen molar-refractivity contribution in [3.63, 3.8) is 0 Å². The van der Waals surface area contributed by atoms with Crippen LogP contribution >= 0.6 is 11.3 Å². The second-order valence-corrected chi connectivity index (χ2v) is 8.48. The van der Waals surface area contributed by atoms with E-state index in [9.17, 15) is 9.18 Å². The van der Waals surface area contributed by atoms with Crippen LogP contribution in [0.4, 0.5) is 4.39 Å². The van der Waals surface area contributed by atoms with E-state index < -0.39 is 0 Å². The number of nitrogens with zero attached hydrogens (tertiary/aromatic N) is 3. The zero-order valence-corrected chi connectivity index (χ0v) is 16.9. The summed E-state index contributed by atoms with van der Waals surface area (Å²) in [5, 5.41) is 5.63. The highest BCUT2D eigenvalue weighted by Gasteiger charge is 2.24. The normalized spacial score (nSPS) is 13.7. The molecule has 0 N–H and O–H groups in total. The predicted molar refractivity (Wildman–Crippen MR) is 113 cm³/mol. The Labute approximate surface area is 172 Å². The van der Waals surface area contributed by atoms with Crippen LogP contribution in [0.3, 0.4) is 0 Å². The highest BCUT2D eigenvalue weighted by molar-refractivity contribution is 7.20. The summed E-state index contributed by atoms with van der Waals surface area (Å²) < 4.78 is 15.1. The molecule has 3 heterocycles. The molecular weight excluding hydrogens is 385 g/mol. The van der Waals surface area contributed by atoms with Crippen LogP contribution in [-0.2, 0) is 19.5 Å². The van der Waals surface area contributed by atoms with Gasteiger partial charge in [-0.3, -0.25) is 9.48 Å². The van der Waals surface area contributed by atoms with Crippen LogP contribution in [-0.4, -0.2) is 27.1 Å². The minimum Gasteiger partial charge on any atom is -0.333 e. The second-order valence-electron chi connectivity index (χ2n) is 7.44. The molecule has 0 unspecified atom stereocenters. The predicted octanol–water partition coefficient (Wildman–Crippen LogP) is 4.79. The molecule has 0 atom stereocenters.